The molecule has 26 heavy (non-hydrogen) atoms. The van der Waals surface area contributed by atoms with Gasteiger partial charge in [0.15, 0.2) is 0 Å². The smallest absolute Gasteiger partial charge is 0.289 e. The van der Waals surface area contributed by atoms with Gasteiger partial charge in [0.2, 0.25) is 5.91 Å². The van der Waals surface area contributed by atoms with Crippen LogP contribution in [0.3, 0.4) is 0 Å². The molecule has 1 N–H and O–H groups in total. The first-order valence-corrected chi connectivity index (χ1v) is 8.87. The molecule has 138 valence electrons. The molecule has 2 aromatic rings. The number of piperidine rings is 1. The second-order valence-electron chi connectivity index (χ2n) is 6.16. The number of anilines is 1. The van der Waals surface area contributed by atoms with Gasteiger partial charge in [0, 0.05) is 39.2 Å². The van der Waals surface area contributed by atoms with E-state index in [0.717, 1.165) is 12.8 Å². The maximum atomic E-state index is 12.4. The highest BCUT2D eigenvalue weighted by Gasteiger charge is 2.24. The van der Waals surface area contributed by atoms with Gasteiger partial charge in [-0.2, -0.15) is 5.10 Å². The molecule has 1 aromatic carbocycles. The number of halogens is 1. The number of nitrogens with one attached hydrogen (secondary N) is 1. The first-order chi connectivity index (χ1) is 12.5. The highest BCUT2D eigenvalue weighted by Crippen LogP contribution is 2.26. The van der Waals surface area contributed by atoms with E-state index in [2.05, 4.69) is 10.4 Å². The maximum Gasteiger partial charge on any atom is 0.289 e. The largest absolute Gasteiger partial charge is 0.489 e. The molecular formula is C18H21ClN4O3. The van der Waals surface area contributed by atoms with Gasteiger partial charge in [-0.25, -0.2) is 4.68 Å². The SMILES string of the molecule is Cn1nccc(NCC(=O)N2CCC(Oc3ccccc3Cl)CC2)c1=O. The lowest BCUT2D eigenvalue weighted by Gasteiger charge is -2.32. The Morgan fingerprint density at radius 2 is 2.04 bits per heavy atom. The first-order valence-electron chi connectivity index (χ1n) is 8.50. The van der Waals surface area contributed by atoms with Crippen LogP contribution in [0, 0.1) is 0 Å². The van der Waals surface area contributed by atoms with E-state index in [4.69, 9.17) is 16.3 Å². The number of hydrogen-bond acceptors (Lipinski definition) is 5. The van der Waals surface area contributed by atoms with Crippen molar-refractivity contribution in [3.8, 4) is 5.75 Å². The van der Waals surface area contributed by atoms with Crippen LogP contribution in [0.15, 0.2) is 41.3 Å². The lowest BCUT2D eigenvalue weighted by Crippen LogP contribution is -2.44. The molecule has 0 unspecified atom stereocenters. The number of amides is 1. The first kappa shape index (κ1) is 18.3. The summed E-state index contributed by atoms with van der Waals surface area (Å²) in [4.78, 5) is 26.0. The van der Waals surface area contributed by atoms with Gasteiger partial charge >= 0.3 is 0 Å². The van der Waals surface area contributed by atoms with Crippen molar-refractivity contribution in [1.29, 1.82) is 0 Å². The zero-order chi connectivity index (χ0) is 18.5. The summed E-state index contributed by atoms with van der Waals surface area (Å²) in [6, 6.07) is 8.96. The summed E-state index contributed by atoms with van der Waals surface area (Å²) in [5, 5.41) is 7.34. The molecule has 0 spiro atoms. The third kappa shape index (κ3) is 4.35. The Balaban J connectivity index is 1.48. The fourth-order valence-corrected chi connectivity index (χ4v) is 3.05. The number of aryl methyl sites for hydroxylation is 1. The molecule has 0 saturated carbocycles. The molecule has 1 amide bonds. The summed E-state index contributed by atoms with van der Waals surface area (Å²) in [5.74, 6) is 0.634. The van der Waals surface area contributed by atoms with Crippen molar-refractivity contribution in [3.63, 3.8) is 0 Å². The average Bonchev–Trinajstić information content (AvgIpc) is 2.65. The molecule has 8 heteroatoms. The van der Waals surface area contributed by atoms with Gasteiger partial charge in [-0.05, 0) is 18.2 Å². The number of carbonyl (C=O) groups excluding carboxylic acids is 1. The van der Waals surface area contributed by atoms with Crippen molar-refractivity contribution in [2.75, 3.05) is 25.0 Å². The average molecular weight is 377 g/mol. The summed E-state index contributed by atoms with van der Waals surface area (Å²) in [5.41, 5.74) is 0.111. The lowest BCUT2D eigenvalue weighted by atomic mass is 10.1. The van der Waals surface area contributed by atoms with Gasteiger partial charge in [-0.15, -0.1) is 0 Å². The quantitative estimate of drug-likeness (QED) is 0.862. The Labute approximate surface area is 156 Å². The highest BCUT2D eigenvalue weighted by molar-refractivity contribution is 6.32. The van der Waals surface area contributed by atoms with E-state index >= 15 is 0 Å². The van der Waals surface area contributed by atoms with Crippen molar-refractivity contribution in [2.24, 2.45) is 7.05 Å². The van der Waals surface area contributed by atoms with Crippen LogP contribution < -0.4 is 15.6 Å². The minimum Gasteiger partial charge on any atom is -0.489 e. The molecular weight excluding hydrogens is 356 g/mol. The molecule has 0 bridgehead atoms. The summed E-state index contributed by atoms with van der Waals surface area (Å²) in [6.45, 7) is 1.31. The Bertz CT molecular complexity index is 831. The van der Waals surface area contributed by atoms with Crippen LogP contribution in [-0.4, -0.2) is 46.3 Å². The molecule has 2 heterocycles. The molecule has 0 aliphatic carbocycles. The topological polar surface area (TPSA) is 76.5 Å². The Hall–Kier alpha value is -2.54. The second kappa shape index (κ2) is 8.23. The van der Waals surface area contributed by atoms with Crippen LogP contribution in [0.1, 0.15) is 12.8 Å². The number of para-hydroxylation sites is 1. The van der Waals surface area contributed by atoms with Crippen LogP contribution in [0.2, 0.25) is 5.02 Å². The summed E-state index contributed by atoms with van der Waals surface area (Å²) < 4.78 is 7.16. The fraction of sp³-hybridized carbons (Fsp3) is 0.389. The minimum absolute atomic E-state index is 0.0411. The number of aromatic nitrogens is 2. The normalized spacial score (nSPS) is 14.9. The molecule has 3 rings (SSSR count). The molecule has 1 aliphatic heterocycles. The summed E-state index contributed by atoms with van der Waals surface area (Å²) in [7, 11) is 1.57. The second-order valence-corrected chi connectivity index (χ2v) is 6.56. The maximum absolute atomic E-state index is 12.4. The number of benzene rings is 1. The van der Waals surface area contributed by atoms with E-state index in [9.17, 15) is 9.59 Å². The van der Waals surface area contributed by atoms with Crippen molar-refractivity contribution in [2.45, 2.75) is 18.9 Å². The summed E-state index contributed by atoms with van der Waals surface area (Å²) >= 11 is 6.12. The van der Waals surface area contributed by atoms with Gasteiger partial charge in [-0.3, -0.25) is 9.59 Å². The molecule has 1 fully saturated rings. The van der Waals surface area contributed by atoms with Gasteiger partial charge in [0.25, 0.3) is 5.56 Å². The predicted octanol–water partition coefficient (Wildman–Crippen LogP) is 1.92. The molecule has 1 aliphatic rings. The monoisotopic (exact) mass is 376 g/mol. The van der Waals surface area contributed by atoms with Gasteiger partial charge in [0.1, 0.15) is 17.5 Å². The van der Waals surface area contributed by atoms with E-state index in [1.165, 1.54) is 10.9 Å². The summed E-state index contributed by atoms with van der Waals surface area (Å²) in [6.07, 6.45) is 3.05. The molecule has 1 saturated heterocycles. The van der Waals surface area contributed by atoms with Crippen LogP contribution in [-0.2, 0) is 11.8 Å². The molecule has 1 aromatic heterocycles. The zero-order valence-electron chi connectivity index (χ0n) is 14.5. The lowest BCUT2D eigenvalue weighted by molar-refractivity contribution is -0.131. The van der Waals surface area contributed by atoms with Crippen molar-refractivity contribution >= 4 is 23.2 Å². The fourth-order valence-electron chi connectivity index (χ4n) is 2.87. The van der Waals surface area contributed by atoms with Crippen molar-refractivity contribution < 1.29 is 9.53 Å². The van der Waals surface area contributed by atoms with Crippen LogP contribution in [0.25, 0.3) is 0 Å². The van der Waals surface area contributed by atoms with Crippen LogP contribution in [0.4, 0.5) is 5.69 Å². The zero-order valence-corrected chi connectivity index (χ0v) is 15.3. The van der Waals surface area contributed by atoms with Gasteiger partial charge < -0.3 is 15.0 Å². The van der Waals surface area contributed by atoms with E-state index in [0.29, 0.717) is 29.5 Å². The van der Waals surface area contributed by atoms with E-state index < -0.39 is 0 Å². The Kier molecular flexibility index (Phi) is 5.78. The van der Waals surface area contributed by atoms with Crippen LogP contribution in [0.5, 0.6) is 5.75 Å². The molecule has 0 radical (unpaired) electrons. The van der Waals surface area contributed by atoms with Gasteiger partial charge in [0.05, 0.1) is 11.6 Å². The number of likely N-dealkylation sites (tertiary alicyclic amines) is 1. The van der Waals surface area contributed by atoms with Crippen LogP contribution >= 0.6 is 11.6 Å². The molecule has 0 atom stereocenters. The van der Waals surface area contributed by atoms with E-state index in [-0.39, 0.29) is 24.1 Å². The number of carbonyl (C=O) groups is 1. The highest BCUT2D eigenvalue weighted by atomic mass is 35.5. The number of nitrogens with zero attached hydrogens (tertiary/aromatic N) is 3. The Morgan fingerprint density at radius 3 is 2.77 bits per heavy atom. The Morgan fingerprint density at radius 1 is 1.31 bits per heavy atom. The predicted molar refractivity (Wildman–Crippen MR) is 99.6 cm³/mol. The third-order valence-corrected chi connectivity index (χ3v) is 4.67. The number of hydrogen-bond donors (Lipinski definition) is 1. The minimum atomic E-state index is -0.257. The number of rotatable bonds is 5. The number of ether oxygens (including phenoxy) is 1. The van der Waals surface area contributed by atoms with Gasteiger partial charge in [-0.1, -0.05) is 23.7 Å². The van der Waals surface area contributed by atoms with Crippen molar-refractivity contribution in [3.05, 3.63) is 51.9 Å². The molecule has 7 nitrogen and oxygen atoms in total. The standard InChI is InChI=1S/C18H21ClN4O3/c1-22-18(25)15(6-9-21-22)20-12-17(24)23-10-7-13(8-11-23)26-16-5-3-2-4-14(16)19/h2-6,9,13,20H,7-8,10-12H2,1H3. The third-order valence-electron chi connectivity index (χ3n) is 4.36. The van der Waals surface area contributed by atoms with E-state index in [1.54, 1.807) is 24.1 Å². The van der Waals surface area contributed by atoms with E-state index in [1.807, 2.05) is 18.2 Å². The van der Waals surface area contributed by atoms with Crippen molar-refractivity contribution in [1.82, 2.24) is 14.7 Å².